The van der Waals surface area contributed by atoms with Gasteiger partial charge in [0.1, 0.15) is 5.75 Å². The minimum atomic E-state index is 0.406. The zero-order chi connectivity index (χ0) is 9.54. The fourth-order valence-corrected chi connectivity index (χ4v) is 2.31. The predicted molar refractivity (Wildman–Crippen MR) is 55.2 cm³/mol. The molecule has 0 atom stereocenters. The Morgan fingerprint density at radius 3 is 2.86 bits per heavy atom. The van der Waals surface area contributed by atoms with Gasteiger partial charge in [0.15, 0.2) is 0 Å². The van der Waals surface area contributed by atoms with Crippen molar-refractivity contribution in [2.75, 3.05) is 6.54 Å². The van der Waals surface area contributed by atoms with Crippen LogP contribution in [-0.2, 0) is 13.0 Å². The molecule has 0 saturated heterocycles. The smallest absolute Gasteiger partial charge is 0.115 e. The van der Waals surface area contributed by atoms with Gasteiger partial charge in [0, 0.05) is 19.1 Å². The Morgan fingerprint density at radius 1 is 1.21 bits per heavy atom. The first-order valence-electron chi connectivity index (χ1n) is 5.38. The fraction of sp³-hybridized carbons (Fsp3) is 0.500. The Kier molecular flexibility index (Phi) is 1.77. The van der Waals surface area contributed by atoms with E-state index in [0.717, 1.165) is 19.0 Å². The number of hydrogen-bond acceptors (Lipinski definition) is 2. The second-order valence-electron chi connectivity index (χ2n) is 4.40. The van der Waals surface area contributed by atoms with Crippen LogP contribution in [0.25, 0.3) is 0 Å². The lowest BCUT2D eigenvalue weighted by molar-refractivity contribution is 0.243. The monoisotopic (exact) mass is 189 g/mol. The SMILES string of the molecule is Oc1ccc2c(c1)CCN(C1CC1)C2. The molecule has 2 heteroatoms. The Hall–Kier alpha value is -1.02. The molecule has 0 amide bonds. The maximum atomic E-state index is 9.36. The summed E-state index contributed by atoms with van der Waals surface area (Å²) in [6.45, 7) is 2.25. The molecule has 1 N–H and O–H groups in total. The number of rotatable bonds is 1. The van der Waals surface area contributed by atoms with E-state index in [9.17, 15) is 5.11 Å². The molecule has 74 valence electrons. The number of phenolic OH excluding ortho intramolecular Hbond substituents is 1. The van der Waals surface area contributed by atoms with Crippen LogP contribution in [0, 0.1) is 0 Å². The van der Waals surface area contributed by atoms with Gasteiger partial charge in [-0.2, -0.15) is 0 Å². The Bertz CT molecular complexity index is 357. The molecule has 2 nitrogen and oxygen atoms in total. The molecule has 2 aliphatic rings. The maximum absolute atomic E-state index is 9.36. The average molecular weight is 189 g/mol. The highest BCUT2D eigenvalue weighted by Gasteiger charge is 2.30. The average Bonchev–Trinajstić information content (AvgIpc) is 3.00. The van der Waals surface area contributed by atoms with Crippen LogP contribution in [-0.4, -0.2) is 22.6 Å². The first-order valence-corrected chi connectivity index (χ1v) is 5.38. The topological polar surface area (TPSA) is 23.5 Å². The molecule has 1 aromatic carbocycles. The summed E-state index contributed by atoms with van der Waals surface area (Å²) in [5, 5.41) is 9.36. The van der Waals surface area contributed by atoms with Crippen molar-refractivity contribution in [2.45, 2.75) is 31.8 Å². The summed E-state index contributed by atoms with van der Waals surface area (Å²) in [5.74, 6) is 0.406. The van der Waals surface area contributed by atoms with Gasteiger partial charge in [-0.3, -0.25) is 4.90 Å². The third-order valence-corrected chi connectivity index (χ3v) is 3.29. The molecular formula is C12H15NO. The highest BCUT2D eigenvalue weighted by Crippen LogP contribution is 2.32. The molecule has 1 fully saturated rings. The second kappa shape index (κ2) is 2.99. The molecule has 0 spiro atoms. The lowest BCUT2D eigenvalue weighted by Gasteiger charge is -2.28. The summed E-state index contributed by atoms with van der Waals surface area (Å²) in [6.07, 6.45) is 3.86. The van der Waals surface area contributed by atoms with E-state index < -0.39 is 0 Å². The van der Waals surface area contributed by atoms with Crippen molar-refractivity contribution >= 4 is 0 Å². The van der Waals surface area contributed by atoms with Gasteiger partial charge in [0.25, 0.3) is 0 Å². The minimum Gasteiger partial charge on any atom is -0.508 e. The third-order valence-electron chi connectivity index (χ3n) is 3.29. The van der Waals surface area contributed by atoms with Gasteiger partial charge in [-0.25, -0.2) is 0 Å². The van der Waals surface area contributed by atoms with Gasteiger partial charge in [-0.05, 0) is 42.5 Å². The summed E-state index contributed by atoms with van der Waals surface area (Å²) < 4.78 is 0. The van der Waals surface area contributed by atoms with Gasteiger partial charge in [-0.15, -0.1) is 0 Å². The number of phenols is 1. The zero-order valence-electron chi connectivity index (χ0n) is 8.24. The molecule has 0 radical (unpaired) electrons. The van der Waals surface area contributed by atoms with Gasteiger partial charge >= 0.3 is 0 Å². The zero-order valence-corrected chi connectivity index (χ0v) is 8.24. The van der Waals surface area contributed by atoms with Crippen molar-refractivity contribution in [3.63, 3.8) is 0 Å². The molecule has 1 heterocycles. The first-order chi connectivity index (χ1) is 6.83. The molecule has 3 rings (SSSR count). The number of fused-ring (bicyclic) bond motifs is 1. The van der Waals surface area contributed by atoms with Crippen molar-refractivity contribution in [1.82, 2.24) is 4.90 Å². The van der Waals surface area contributed by atoms with Crippen molar-refractivity contribution in [2.24, 2.45) is 0 Å². The largest absolute Gasteiger partial charge is 0.508 e. The number of hydrogen-bond donors (Lipinski definition) is 1. The second-order valence-corrected chi connectivity index (χ2v) is 4.40. The van der Waals surface area contributed by atoms with Gasteiger partial charge in [0.2, 0.25) is 0 Å². The van der Waals surface area contributed by atoms with E-state index in [0.29, 0.717) is 5.75 Å². The van der Waals surface area contributed by atoms with Crippen LogP contribution in [0.5, 0.6) is 5.75 Å². The standard InChI is InChI=1S/C12H15NO/c14-12-4-1-10-8-13(11-2-3-11)6-5-9(10)7-12/h1,4,7,11,14H,2-3,5-6,8H2. The number of nitrogens with zero attached hydrogens (tertiary/aromatic N) is 1. The molecule has 0 aromatic heterocycles. The molecule has 1 aromatic rings. The molecule has 1 aliphatic heterocycles. The predicted octanol–water partition coefficient (Wildman–Crippen LogP) is 1.91. The van der Waals surface area contributed by atoms with E-state index >= 15 is 0 Å². The van der Waals surface area contributed by atoms with E-state index in [4.69, 9.17) is 0 Å². The van der Waals surface area contributed by atoms with Crippen molar-refractivity contribution in [1.29, 1.82) is 0 Å². The lowest BCUT2D eigenvalue weighted by atomic mass is 9.99. The number of aromatic hydroxyl groups is 1. The molecule has 1 aliphatic carbocycles. The summed E-state index contributed by atoms with van der Waals surface area (Å²) >= 11 is 0. The Balaban J connectivity index is 1.86. The van der Waals surface area contributed by atoms with E-state index in [1.807, 2.05) is 6.07 Å². The summed E-state index contributed by atoms with van der Waals surface area (Å²) in [4.78, 5) is 2.57. The van der Waals surface area contributed by atoms with Gasteiger partial charge < -0.3 is 5.11 Å². The van der Waals surface area contributed by atoms with Crippen LogP contribution in [0.1, 0.15) is 24.0 Å². The quantitative estimate of drug-likeness (QED) is 0.729. The van der Waals surface area contributed by atoms with E-state index in [2.05, 4.69) is 11.0 Å². The molecular weight excluding hydrogens is 174 g/mol. The lowest BCUT2D eigenvalue weighted by Crippen LogP contribution is -2.32. The van der Waals surface area contributed by atoms with Crippen LogP contribution in [0.3, 0.4) is 0 Å². The first kappa shape index (κ1) is 8.30. The summed E-state index contributed by atoms with van der Waals surface area (Å²) in [5.41, 5.74) is 2.74. The Morgan fingerprint density at radius 2 is 2.07 bits per heavy atom. The van der Waals surface area contributed by atoms with Crippen LogP contribution in [0.4, 0.5) is 0 Å². The van der Waals surface area contributed by atoms with E-state index in [-0.39, 0.29) is 0 Å². The molecule has 0 unspecified atom stereocenters. The molecule has 1 saturated carbocycles. The molecule has 0 bridgehead atoms. The van der Waals surface area contributed by atoms with E-state index in [1.165, 1.54) is 30.5 Å². The normalized spacial score (nSPS) is 22.0. The Labute approximate surface area is 84.2 Å². The third kappa shape index (κ3) is 1.40. The van der Waals surface area contributed by atoms with Gasteiger partial charge in [-0.1, -0.05) is 6.07 Å². The van der Waals surface area contributed by atoms with Gasteiger partial charge in [0.05, 0.1) is 0 Å². The van der Waals surface area contributed by atoms with Crippen molar-refractivity contribution < 1.29 is 5.11 Å². The minimum absolute atomic E-state index is 0.406. The highest BCUT2D eigenvalue weighted by atomic mass is 16.3. The maximum Gasteiger partial charge on any atom is 0.115 e. The number of benzene rings is 1. The van der Waals surface area contributed by atoms with Crippen LogP contribution in [0.15, 0.2) is 18.2 Å². The van der Waals surface area contributed by atoms with Crippen LogP contribution < -0.4 is 0 Å². The molecule has 14 heavy (non-hydrogen) atoms. The highest BCUT2D eigenvalue weighted by molar-refractivity contribution is 5.36. The van der Waals surface area contributed by atoms with Crippen molar-refractivity contribution in [3.05, 3.63) is 29.3 Å². The van der Waals surface area contributed by atoms with Crippen molar-refractivity contribution in [3.8, 4) is 5.75 Å². The summed E-state index contributed by atoms with van der Waals surface area (Å²) in [7, 11) is 0. The van der Waals surface area contributed by atoms with E-state index in [1.54, 1.807) is 6.07 Å². The van der Waals surface area contributed by atoms with Crippen LogP contribution >= 0.6 is 0 Å². The van der Waals surface area contributed by atoms with Crippen LogP contribution in [0.2, 0.25) is 0 Å². The summed E-state index contributed by atoms with van der Waals surface area (Å²) in [6, 6.07) is 6.64. The fourth-order valence-electron chi connectivity index (χ4n) is 2.31.